The number of halogens is 1. The molecule has 0 radical (unpaired) electrons. The Morgan fingerprint density at radius 2 is 1.66 bits per heavy atom. The second kappa shape index (κ2) is 11.1. The average Bonchev–Trinajstić information content (AvgIpc) is 3.22. The normalized spacial score (nSPS) is 45.8. The molecule has 11 atom stereocenters. The maximum Gasteiger partial charge on any atom is 0.323 e. The molecular weight excluding hydrogens is 510 g/mol. The van der Waals surface area contributed by atoms with Crippen molar-refractivity contribution in [3.8, 4) is 0 Å². The van der Waals surface area contributed by atoms with Gasteiger partial charge in [0.15, 0.2) is 17.2 Å². The Kier molecular flexibility index (Phi) is 8.30. The zero-order chi connectivity index (χ0) is 27.4. The molecule has 214 valence electrons. The van der Waals surface area contributed by atoms with Crippen LogP contribution < -0.4 is 5.32 Å². The minimum Gasteiger partial charge on any atom is -0.462 e. The summed E-state index contributed by atoms with van der Waals surface area (Å²) < 4.78 is 23.5. The van der Waals surface area contributed by atoms with Gasteiger partial charge >= 0.3 is 5.97 Å². The highest BCUT2D eigenvalue weighted by atomic mass is 35.5. The third-order valence-corrected chi connectivity index (χ3v) is 10.7. The number of alkyl halides is 1. The van der Waals surface area contributed by atoms with Gasteiger partial charge < -0.3 is 24.3 Å². The first-order valence-electron chi connectivity index (χ1n) is 14.6. The summed E-state index contributed by atoms with van der Waals surface area (Å²) in [4.78, 5) is 42.0. The summed E-state index contributed by atoms with van der Waals surface area (Å²) in [6, 6.07) is -0.653. The lowest BCUT2D eigenvalue weighted by molar-refractivity contribution is -0.178. The Hall–Kier alpha value is -1.06. The standard InChI is InChI=1S/C29H44ClNO7/c1-14(2)37-28(34)19-12-17(16-9-7-6-8-10-16)22-18(31-19)11-15(3)29(26(22)32)27(33)23-20(35-4)13-21(36-5)24(30)25(23)38-29/h14-25,31H,6-13H2,1-5H3/t15-,17?,18?,19?,20?,21?,22?,23?,24?,25?,29+/m1/s1. The van der Waals surface area contributed by atoms with Crippen molar-refractivity contribution in [3.63, 3.8) is 0 Å². The van der Waals surface area contributed by atoms with Crippen LogP contribution in [-0.4, -0.2) is 79.2 Å². The van der Waals surface area contributed by atoms with E-state index in [2.05, 4.69) is 5.32 Å². The van der Waals surface area contributed by atoms with Gasteiger partial charge in [0.25, 0.3) is 0 Å². The number of piperidine rings is 1. The fourth-order valence-corrected chi connectivity index (χ4v) is 8.83. The quantitative estimate of drug-likeness (QED) is 0.314. The number of carbonyl (C=O) groups is 3. The van der Waals surface area contributed by atoms with E-state index in [1.54, 1.807) is 14.2 Å². The zero-order valence-corrected chi connectivity index (χ0v) is 24.1. The van der Waals surface area contributed by atoms with Gasteiger partial charge in [0.1, 0.15) is 6.04 Å². The minimum atomic E-state index is -1.54. The van der Waals surface area contributed by atoms with Gasteiger partial charge in [0.05, 0.1) is 35.7 Å². The number of ketones is 2. The van der Waals surface area contributed by atoms with Crippen LogP contribution in [0.4, 0.5) is 0 Å². The largest absolute Gasteiger partial charge is 0.462 e. The van der Waals surface area contributed by atoms with Crippen LogP contribution in [0.15, 0.2) is 0 Å². The minimum absolute atomic E-state index is 0.00101. The van der Waals surface area contributed by atoms with Crippen molar-refractivity contribution in [2.24, 2.45) is 29.6 Å². The molecule has 8 nitrogen and oxygen atoms in total. The third kappa shape index (κ3) is 4.56. The van der Waals surface area contributed by atoms with Crippen LogP contribution in [-0.2, 0) is 33.3 Å². The van der Waals surface area contributed by atoms with E-state index in [-0.39, 0.29) is 47.6 Å². The predicted octanol–water partition coefficient (Wildman–Crippen LogP) is 3.45. The number of rotatable bonds is 5. The number of ether oxygens (including phenoxy) is 4. The molecule has 2 saturated heterocycles. The molecule has 1 N–H and O–H groups in total. The Balaban J connectivity index is 1.49. The van der Waals surface area contributed by atoms with Crippen molar-refractivity contribution in [1.29, 1.82) is 0 Å². The SMILES string of the molecule is COC1CC(OC)C2C(=O)[C@@]3(OC2C1Cl)C(=O)C1C(C[C@H]3C)NC(C(=O)OC(C)C)CC1C1CCCCC1. The lowest BCUT2D eigenvalue weighted by atomic mass is 9.56. The Morgan fingerprint density at radius 1 is 1.00 bits per heavy atom. The number of esters is 1. The molecule has 5 rings (SSSR count). The van der Waals surface area contributed by atoms with Crippen LogP contribution in [0.1, 0.15) is 72.1 Å². The number of hydrogen-bond donors (Lipinski definition) is 1. The topological polar surface area (TPSA) is 100 Å². The van der Waals surface area contributed by atoms with Crippen LogP contribution in [0.25, 0.3) is 0 Å². The Bertz CT molecular complexity index is 923. The first-order valence-corrected chi connectivity index (χ1v) is 15.0. The molecule has 3 aliphatic carbocycles. The zero-order valence-electron chi connectivity index (χ0n) is 23.3. The third-order valence-electron chi connectivity index (χ3n) is 10.2. The highest BCUT2D eigenvalue weighted by molar-refractivity contribution is 6.23. The van der Waals surface area contributed by atoms with Crippen molar-refractivity contribution >= 4 is 29.1 Å². The Labute approximate surface area is 231 Å². The second-order valence-corrected chi connectivity index (χ2v) is 13.1. The number of nitrogens with one attached hydrogen (secondary N) is 1. The van der Waals surface area contributed by atoms with Gasteiger partial charge in [-0.1, -0.05) is 39.0 Å². The summed E-state index contributed by atoms with van der Waals surface area (Å²) in [7, 11) is 3.19. The van der Waals surface area contributed by atoms with E-state index in [4.69, 9.17) is 30.5 Å². The van der Waals surface area contributed by atoms with E-state index in [1.165, 1.54) is 6.42 Å². The van der Waals surface area contributed by atoms with Crippen LogP contribution >= 0.6 is 11.6 Å². The molecule has 1 spiro atoms. The second-order valence-electron chi connectivity index (χ2n) is 12.6. The summed E-state index contributed by atoms with van der Waals surface area (Å²) in [6.07, 6.45) is 5.54. The molecule has 0 amide bonds. The fraction of sp³-hybridized carbons (Fsp3) is 0.897. The van der Waals surface area contributed by atoms with E-state index in [9.17, 15) is 14.4 Å². The first-order chi connectivity index (χ1) is 18.1. The molecule has 9 unspecified atom stereocenters. The fourth-order valence-electron chi connectivity index (χ4n) is 8.41. The smallest absolute Gasteiger partial charge is 0.323 e. The van der Waals surface area contributed by atoms with E-state index in [0.29, 0.717) is 25.2 Å². The van der Waals surface area contributed by atoms with Crippen molar-refractivity contribution < 1.29 is 33.3 Å². The summed E-state index contributed by atoms with van der Waals surface area (Å²) in [5, 5.41) is 2.94. The molecule has 2 heterocycles. The molecule has 0 bridgehead atoms. The summed E-state index contributed by atoms with van der Waals surface area (Å²) >= 11 is 6.82. The number of hydrogen-bond acceptors (Lipinski definition) is 8. The van der Waals surface area contributed by atoms with E-state index in [1.807, 2.05) is 20.8 Å². The van der Waals surface area contributed by atoms with Crippen molar-refractivity contribution in [1.82, 2.24) is 5.32 Å². The van der Waals surface area contributed by atoms with E-state index >= 15 is 0 Å². The molecule has 0 aromatic heterocycles. The lowest BCUT2D eigenvalue weighted by Crippen LogP contribution is -2.68. The van der Waals surface area contributed by atoms with Crippen LogP contribution in [0.2, 0.25) is 0 Å². The molecular formula is C29H44ClNO7. The maximum atomic E-state index is 14.7. The molecule has 5 aliphatic rings. The summed E-state index contributed by atoms with van der Waals surface area (Å²) in [5.74, 6) is -1.59. The van der Waals surface area contributed by atoms with Gasteiger partial charge in [-0.3, -0.25) is 14.4 Å². The predicted molar refractivity (Wildman–Crippen MR) is 141 cm³/mol. The molecule has 0 aromatic rings. The number of fused-ring (bicyclic) bond motifs is 2. The molecule has 38 heavy (non-hydrogen) atoms. The first kappa shape index (κ1) is 28.5. The van der Waals surface area contributed by atoms with E-state index < -0.39 is 41.1 Å². The highest BCUT2D eigenvalue weighted by Crippen LogP contribution is 2.54. The van der Waals surface area contributed by atoms with Gasteiger partial charge in [-0.25, -0.2) is 0 Å². The van der Waals surface area contributed by atoms with Crippen LogP contribution in [0.3, 0.4) is 0 Å². The monoisotopic (exact) mass is 553 g/mol. The molecule has 9 heteroatoms. The highest BCUT2D eigenvalue weighted by Gasteiger charge is 2.70. The lowest BCUT2D eigenvalue weighted by Gasteiger charge is -2.52. The van der Waals surface area contributed by atoms with Gasteiger partial charge in [-0.2, -0.15) is 0 Å². The Morgan fingerprint density at radius 3 is 2.29 bits per heavy atom. The average molecular weight is 554 g/mol. The number of Topliss-reactive ketones (excluding diaryl/α,β-unsaturated/α-hetero) is 2. The van der Waals surface area contributed by atoms with Gasteiger partial charge in [-0.05, 0) is 38.5 Å². The molecule has 0 aromatic carbocycles. The summed E-state index contributed by atoms with van der Waals surface area (Å²) in [6.45, 7) is 5.63. The van der Waals surface area contributed by atoms with Crippen molar-refractivity contribution in [2.75, 3.05) is 14.2 Å². The van der Waals surface area contributed by atoms with Gasteiger partial charge in [0.2, 0.25) is 0 Å². The van der Waals surface area contributed by atoms with Crippen molar-refractivity contribution in [2.45, 2.75) is 120 Å². The van der Waals surface area contributed by atoms with Gasteiger partial charge in [0, 0.05) is 38.5 Å². The maximum absolute atomic E-state index is 14.7. The summed E-state index contributed by atoms with van der Waals surface area (Å²) in [5.41, 5.74) is -1.54. The van der Waals surface area contributed by atoms with Crippen LogP contribution in [0, 0.1) is 29.6 Å². The number of carbonyl (C=O) groups excluding carboxylic acids is 3. The van der Waals surface area contributed by atoms with Crippen LogP contribution in [0.5, 0.6) is 0 Å². The van der Waals surface area contributed by atoms with Crippen molar-refractivity contribution in [3.05, 3.63) is 0 Å². The molecule has 3 saturated carbocycles. The number of methoxy groups -OCH3 is 2. The van der Waals surface area contributed by atoms with Gasteiger partial charge in [-0.15, -0.1) is 11.6 Å². The van der Waals surface area contributed by atoms with E-state index in [0.717, 1.165) is 25.7 Å². The molecule has 5 fully saturated rings. The molecule has 2 aliphatic heterocycles.